The fourth-order valence-corrected chi connectivity index (χ4v) is 4.51. The highest BCUT2D eigenvalue weighted by atomic mass is 15.2. The van der Waals surface area contributed by atoms with Crippen LogP contribution in [0.1, 0.15) is 41.9 Å². The number of rotatable bonds is 2. The molecule has 0 spiro atoms. The molecule has 0 radical (unpaired) electrons. The third kappa shape index (κ3) is 2.51. The Kier molecular flexibility index (Phi) is 3.58. The molecular formula is C21H22N2. The SMILES string of the molecule is Cc1ccc([C@@H]2CC[C@@H]3CCN(c4ccc(C#N)cc4)[C@@H]32)cc1. The van der Waals surface area contributed by atoms with E-state index < -0.39 is 0 Å². The minimum Gasteiger partial charge on any atom is -0.368 e. The maximum Gasteiger partial charge on any atom is 0.0991 e. The Morgan fingerprint density at radius 1 is 0.957 bits per heavy atom. The van der Waals surface area contributed by atoms with Crippen LogP contribution in [0.15, 0.2) is 48.5 Å². The first-order valence-corrected chi connectivity index (χ1v) is 8.59. The van der Waals surface area contributed by atoms with Crippen molar-refractivity contribution in [3.05, 3.63) is 65.2 Å². The molecule has 1 saturated heterocycles. The Bertz CT molecular complexity index is 724. The second-order valence-corrected chi connectivity index (χ2v) is 6.99. The average molecular weight is 302 g/mol. The van der Waals surface area contributed by atoms with Gasteiger partial charge in [0.05, 0.1) is 11.6 Å². The average Bonchev–Trinajstić information content (AvgIpc) is 3.18. The number of nitriles is 1. The second-order valence-electron chi connectivity index (χ2n) is 6.99. The van der Waals surface area contributed by atoms with E-state index in [1.807, 2.05) is 12.1 Å². The van der Waals surface area contributed by atoms with Gasteiger partial charge in [0, 0.05) is 24.2 Å². The lowest BCUT2D eigenvalue weighted by molar-refractivity contribution is 0.518. The van der Waals surface area contributed by atoms with Crippen LogP contribution in [0, 0.1) is 24.2 Å². The van der Waals surface area contributed by atoms with Crippen molar-refractivity contribution in [2.75, 3.05) is 11.4 Å². The minimum absolute atomic E-state index is 0.616. The highest BCUT2D eigenvalue weighted by Gasteiger charge is 2.44. The molecule has 1 aliphatic heterocycles. The number of fused-ring (bicyclic) bond motifs is 1. The van der Waals surface area contributed by atoms with Crippen LogP contribution in [0.3, 0.4) is 0 Å². The Labute approximate surface area is 138 Å². The summed E-state index contributed by atoms with van der Waals surface area (Å²) in [6.45, 7) is 3.30. The standard InChI is InChI=1S/C21H22N2/c1-15-2-6-17(7-3-15)20-11-8-18-12-13-23(21(18)20)19-9-4-16(14-22)5-10-19/h2-7,9-10,18,20-21H,8,11-13H2,1H3/t18-,20+,21+/m1/s1. The van der Waals surface area contributed by atoms with Gasteiger partial charge < -0.3 is 4.90 Å². The molecule has 0 aromatic heterocycles. The molecule has 1 heterocycles. The van der Waals surface area contributed by atoms with E-state index in [9.17, 15) is 0 Å². The third-order valence-electron chi connectivity index (χ3n) is 5.68. The van der Waals surface area contributed by atoms with E-state index in [-0.39, 0.29) is 0 Å². The summed E-state index contributed by atoms with van der Waals surface area (Å²) in [7, 11) is 0. The van der Waals surface area contributed by atoms with Crippen molar-refractivity contribution in [2.24, 2.45) is 5.92 Å². The Balaban J connectivity index is 1.64. The van der Waals surface area contributed by atoms with Crippen molar-refractivity contribution in [3.63, 3.8) is 0 Å². The lowest BCUT2D eigenvalue weighted by atomic mass is 9.91. The second kappa shape index (κ2) is 5.74. The largest absolute Gasteiger partial charge is 0.368 e. The predicted molar refractivity (Wildman–Crippen MR) is 93.6 cm³/mol. The summed E-state index contributed by atoms with van der Waals surface area (Å²) < 4.78 is 0. The summed E-state index contributed by atoms with van der Waals surface area (Å²) in [6, 6.07) is 20.1. The fourth-order valence-electron chi connectivity index (χ4n) is 4.51. The Morgan fingerprint density at radius 3 is 2.39 bits per heavy atom. The number of hydrogen-bond acceptors (Lipinski definition) is 2. The zero-order valence-electron chi connectivity index (χ0n) is 13.6. The fraction of sp³-hybridized carbons (Fsp3) is 0.381. The lowest BCUT2D eigenvalue weighted by Crippen LogP contribution is -2.34. The van der Waals surface area contributed by atoms with Crippen molar-refractivity contribution >= 4 is 5.69 Å². The van der Waals surface area contributed by atoms with Crippen LogP contribution in [0.5, 0.6) is 0 Å². The quantitative estimate of drug-likeness (QED) is 0.808. The van der Waals surface area contributed by atoms with Crippen LogP contribution in [0.2, 0.25) is 0 Å². The molecule has 2 heteroatoms. The molecule has 116 valence electrons. The predicted octanol–water partition coefficient (Wildman–Crippen LogP) is 4.64. The van der Waals surface area contributed by atoms with Gasteiger partial charge in [-0.2, -0.15) is 5.26 Å². The van der Waals surface area contributed by atoms with E-state index in [1.165, 1.54) is 36.1 Å². The van der Waals surface area contributed by atoms with Crippen molar-refractivity contribution in [3.8, 4) is 6.07 Å². The number of anilines is 1. The maximum absolute atomic E-state index is 8.99. The van der Waals surface area contributed by atoms with Gasteiger partial charge in [0.25, 0.3) is 0 Å². The van der Waals surface area contributed by atoms with Gasteiger partial charge in [-0.3, -0.25) is 0 Å². The van der Waals surface area contributed by atoms with Crippen molar-refractivity contribution in [2.45, 2.75) is 38.1 Å². The summed E-state index contributed by atoms with van der Waals surface area (Å²) in [6.07, 6.45) is 3.94. The zero-order valence-corrected chi connectivity index (χ0v) is 13.6. The summed E-state index contributed by atoms with van der Waals surface area (Å²) >= 11 is 0. The normalized spacial score (nSPS) is 26.1. The molecule has 2 nitrogen and oxygen atoms in total. The molecule has 0 bridgehead atoms. The zero-order chi connectivity index (χ0) is 15.8. The number of nitrogens with zero attached hydrogens (tertiary/aromatic N) is 2. The maximum atomic E-state index is 8.99. The third-order valence-corrected chi connectivity index (χ3v) is 5.68. The molecular weight excluding hydrogens is 280 g/mol. The van der Waals surface area contributed by atoms with Gasteiger partial charge in [-0.15, -0.1) is 0 Å². The minimum atomic E-state index is 0.616. The highest BCUT2D eigenvalue weighted by Crippen LogP contribution is 2.48. The first-order chi connectivity index (χ1) is 11.3. The molecule has 2 aromatic rings. The highest BCUT2D eigenvalue weighted by molar-refractivity contribution is 5.53. The number of benzene rings is 2. The molecule has 0 amide bonds. The van der Waals surface area contributed by atoms with Crippen LogP contribution >= 0.6 is 0 Å². The molecule has 1 saturated carbocycles. The molecule has 0 N–H and O–H groups in total. The van der Waals surface area contributed by atoms with Crippen LogP contribution < -0.4 is 4.90 Å². The molecule has 4 rings (SSSR count). The Hall–Kier alpha value is -2.27. The number of aryl methyl sites for hydroxylation is 1. The summed E-state index contributed by atoms with van der Waals surface area (Å²) in [5, 5.41) is 8.99. The van der Waals surface area contributed by atoms with Gasteiger partial charge in [-0.1, -0.05) is 29.8 Å². The van der Waals surface area contributed by atoms with E-state index in [2.05, 4.69) is 54.3 Å². The van der Waals surface area contributed by atoms with Gasteiger partial charge in [0.2, 0.25) is 0 Å². The molecule has 0 unspecified atom stereocenters. The summed E-state index contributed by atoms with van der Waals surface area (Å²) in [5.41, 5.74) is 4.84. The Morgan fingerprint density at radius 2 is 1.70 bits per heavy atom. The monoisotopic (exact) mass is 302 g/mol. The van der Waals surface area contributed by atoms with Crippen LogP contribution in [0.25, 0.3) is 0 Å². The molecule has 2 aliphatic rings. The van der Waals surface area contributed by atoms with Gasteiger partial charge in [-0.05, 0) is 61.9 Å². The molecule has 2 fully saturated rings. The topological polar surface area (TPSA) is 27.0 Å². The van der Waals surface area contributed by atoms with E-state index in [0.29, 0.717) is 12.0 Å². The first-order valence-electron chi connectivity index (χ1n) is 8.59. The van der Waals surface area contributed by atoms with E-state index in [4.69, 9.17) is 5.26 Å². The van der Waals surface area contributed by atoms with Gasteiger partial charge >= 0.3 is 0 Å². The first kappa shape index (κ1) is 14.3. The molecule has 3 atom stereocenters. The van der Waals surface area contributed by atoms with Crippen LogP contribution in [-0.2, 0) is 0 Å². The van der Waals surface area contributed by atoms with Gasteiger partial charge in [-0.25, -0.2) is 0 Å². The van der Waals surface area contributed by atoms with Gasteiger partial charge in [0.1, 0.15) is 0 Å². The summed E-state index contributed by atoms with van der Waals surface area (Å²) in [4.78, 5) is 2.59. The van der Waals surface area contributed by atoms with Gasteiger partial charge in [0.15, 0.2) is 0 Å². The lowest BCUT2D eigenvalue weighted by Gasteiger charge is -2.31. The molecule has 23 heavy (non-hydrogen) atoms. The van der Waals surface area contributed by atoms with E-state index >= 15 is 0 Å². The smallest absolute Gasteiger partial charge is 0.0991 e. The number of hydrogen-bond donors (Lipinski definition) is 0. The van der Waals surface area contributed by atoms with Crippen molar-refractivity contribution < 1.29 is 0 Å². The molecule has 2 aromatic carbocycles. The van der Waals surface area contributed by atoms with E-state index in [0.717, 1.165) is 18.0 Å². The van der Waals surface area contributed by atoms with Crippen molar-refractivity contribution in [1.82, 2.24) is 0 Å². The van der Waals surface area contributed by atoms with Crippen LogP contribution in [0.4, 0.5) is 5.69 Å². The molecule has 1 aliphatic carbocycles. The summed E-state index contributed by atoms with van der Waals surface area (Å²) in [5.74, 6) is 1.45. The van der Waals surface area contributed by atoms with E-state index in [1.54, 1.807) is 0 Å². The van der Waals surface area contributed by atoms with Crippen molar-refractivity contribution in [1.29, 1.82) is 5.26 Å². The van der Waals surface area contributed by atoms with Crippen LogP contribution in [-0.4, -0.2) is 12.6 Å².